The Kier molecular flexibility index (Phi) is 9.22. The van der Waals surface area contributed by atoms with Crippen molar-refractivity contribution in [3.63, 3.8) is 0 Å². The summed E-state index contributed by atoms with van der Waals surface area (Å²) in [5.74, 6) is 1.54. The molecular formula is C36H36Cl2N4O2. The van der Waals surface area contributed by atoms with Crippen LogP contribution >= 0.6 is 23.2 Å². The summed E-state index contributed by atoms with van der Waals surface area (Å²) in [4.78, 5) is 12.5. The summed E-state index contributed by atoms with van der Waals surface area (Å²) in [6.45, 7) is 1.53. The number of aromatic nitrogens is 2. The summed E-state index contributed by atoms with van der Waals surface area (Å²) in [6, 6.07) is 24.0. The molecule has 0 aliphatic heterocycles. The number of rotatable bonds is 12. The Bertz CT molecular complexity index is 1830. The van der Waals surface area contributed by atoms with Gasteiger partial charge in [0.25, 0.3) is 0 Å². The monoisotopic (exact) mass is 626 g/mol. The van der Waals surface area contributed by atoms with Gasteiger partial charge in [-0.15, -0.1) is 0 Å². The molecule has 0 spiro atoms. The fourth-order valence-corrected chi connectivity index (χ4v) is 6.37. The first-order chi connectivity index (χ1) is 21.5. The van der Waals surface area contributed by atoms with Crippen LogP contribution in [0.4, 0.5) is 11.4 Å². The van der Waals surface area contributed by atoms with E-state index in [4.69, 9.17) is 48.4 Å². The van der Waals surface area contributed by atoms with Crippen LogP contribution in [0.5, 0.6) is 11.5 Å². The van der Waals surface area contributed by atoms with Crippen LogP contribution in [0.25, 0.3) is 43.6 Å². The molecule has 0 fully saturated rings. The maximum Gasteiger partial charge on any atom is 0.119 e. The average Bonchev–Trinajstić information content (AvgIpc) is 3.04. The highest BCUT2D eigenvalue weighted by molar-refractivity contribution is 6.32. The number of nitrogens with zero attached hydrogens (tertiary/aromatic N) is 3. The molecule has 2 N–H and O–H groups in total. The van der Waals surface area contributed by atoms with Crippen molar-refractivity contribution in [3.05, 3.63) is 82.8 Å². The Morgan fingerprint density at radius 3 is 1.52 bits per heavy atom. The van der Waals surface area contributed by atoms with E-state index >= 15 is 0 Å². The zero-order valence-corrected chi connectivity index (χ0v) is 26.6. The van der Waals surface area contributed by atoms with Crippen molar-refractivity contribution < 1.29 is 9.47 Å². The molecule has 226 valence electrons. The van der Waals surface area contributed by atoms with Gasteiger partial charge in [-0.25, -0.2) is 9.97 Å². The van der Waals surface area contributed by atoms with E-state index in [0.29, 0.717) is 10.0 Å². The van der Waals surface area contributed by atoms with Crippen LogP contribution in [0, 0.1) is 0 Å². The smallest absolute Gasteiger partial charge is 0.119 e. The van der Waals surface area contributed by atoms with Crippen molar-refractivity contribution in [1.29, 1.82) is 0 Å². The minimum atomic E-state index is 0.645. The first kappa shape index (κ1) is 30.2. The third-order valence-corrected chi connectivity index (χ3v) is 8.68. The van der Waals surface area contributed by atoms with Crippen molar-refractivity contribution in [2.24, 2.45) is 5.73 Å². The molecule has 0 bridgehead atoms. The first-order valence-corrected chi connectivity index (χ1v) is 15.9. The standard InChI is InChI=1S/C36H36Cl2N4O2/c1-43-25-11-15-31-29(21-25)35(27-13-9-23(37)19-33(27)40-31)42(18-8-6-4-3-5-7-17-39)36-28-14-10-24(38)20-34(28)41-32-16-12-26(44-2)22-30(32)36/h9-16,19-22H,3-8,17-18,39H2,1-2H3. The second-order valence-electron chi connectivity index (χ2n) is 11.1. The van der Waals surface area contributed by atoms with Crippen LogP contribution in [0.3, 0.4) is 0 Å². The predicted molar refractivity (Wildman–Crippen MR) is 185 cm³/mol. The average molecular weight is 628 g/mol. The Morgan fingerprint density at radius 2 is 1.05 bits per heavy atom. The number of halogens is 2. The van der Waals surface area contributed by atoms with Crippen molar-refractivity contribution in [3.8, 4) is 11.5 Å². The molecule has 4 aromatic carbocycles. The Labute approximate surface area is 267 Å². The lowest BCUT2D eigenvalue weighted by Crippen LogP contribution is -2.20. The van der Waals surface area contributed by atoms with Gasteiger partial charge in [0, 0.05) is 38.1 Å². The summed E-state index contributed by atoms with van der Waals surface area (Å²) in [7, 11) is 3.38. The van der Waals surface area contributed by atoms with Crippen LogP contribution in [0.2, 0.25) is 10.0 Å². The zero-order chi connectivity index (χ0) is 30.6. The Balaban J connectivity index is 1.64. The molecule has 0 saturated carbocycles. The summed E-state index contributed by atoms with van der Waals surface area (Å²) in [5.41, 5.74) is 11.2. The molecule has 8 heteroatoms. The van der Waals surface area contributed by atoms with E-state index in [2.05, 4.69) is 29.2 Å². The van der Waals surface area contributed by atoms with E-state index in [0.717, 1.165) is 105 Å². The molecule has 0 aliphatic carbocycles. The highest BCUT2D eigenvalue weighted by atomic mass is 35.5. The van der Waals surface area contributed by atoms with Crippen LogP contribution in [0.15, 0.2) is 72.8 Å². The summed E-state index contributed by atoms with van der Waals surface area (Å²) in [5, 5.41) is 5.30. The number of ether oxygens (including phenoxy) is 2. The maximum atomic E-state index is 6.51. The molecular weight excluding hydrogens is 591 g/mol. The number of methoxy groups -OCH3 is 2. The molecule has 0 saturated heterocycles. The lowest BCUT2D eigenvalue weighted by Gasteiger charge is -2.30. The number of anilines is 2. The fraction of sp³-hybridized carbons (Fsp3) is 0.278. The summed E-state index contributed by atoms with van der Waals surface area (Å²) >= 11 is 13.0. The minimum absolute atomic E-state index is 0.645. The van der Waals surface area contributed by atoms with E-state index in [1.54, 1.807) is 14.2 Å². The van der Waals surface area contributed by atoms with Gasteiger partial charge in [-0.1, -0.05) is 48.9 Å². The molecule has 0 atom stereocenters. The number of pyridine rings is 2. The molecule has 0 unspecified atom stereocenters. The molecule has 6 aromatic rings. The predicted octanol–water partition coefficient (Wildman–Crippen LogP) is 9.85. The van der Waals surface area contributed by atoms with Gasteiger partial charge in [-0.3, -0.25) is 0 Å². The van der Waals surface area contributed by atoms with Crippen LogP contribution in [0.1, 0.15) is 38.5 Å². The van der Waals surface area contributed by atoms with Crippen LogP contribution in [-0.4, -0.2) is 37.3 Å². The normalized spacial score (nSPS) is 11.6. The van der Waals surface area contributed by atoms with Crippen molar-refractivity contribution in [2.45, 2.75) is 38.5 Å². The van der Waals surface area contributed by atoms with Gasteiger partial charge < -0.3 is 20.1 Å². The van der Waals surface area contributed by atoms with Crippen LogP contribution in [-0.2, 0) is 0 Å². The molecule has 0 radical (unpaired) electrons. The molecule has 6 rings (SSSR count). The maximum absolute atomic E-state index is 6.51. The molecule has 2 heterocycles. The molecule has 2 aromatic heterocycles. The SMILES string of the molecule is COc1ccc2nc3cc(Cl)ccc3c(N(CCCCCCCCN)c3c4ccc(Cl)cc4nc4ccc(OC)cc34)c2c1. The molecule has 0 aliphatic rings. The number of fused-ring (bicyclic) bond motifs is 4. The van der Waals surface area contributed by atoms with Gasteiger partial charge in [0.1, 0.15) is 11.5 Å². The summed E-state index contributed by atoms with van der Waals surface area (Å²) < 4.78 is 11.4. The van der Waals surface area contributed by atoms with Gasteiger partial charge in [0.15, 0.2) is 0 Å². The van der Waals surface area contributed by atoms with Crippen molar-refractivity contribution in [1.82, 2.24) is 9.97 Å². The second-order valence-corrected chi connectivity index (χ2v) is 11.9. The van der Waals surface area contributed by atoms with E-state index in [1.165, 1.54) is 12.8 Å². The number of nitrogens with two attached hydrogens (primary N) is 1. The lowest BCUT2D eigenvalue weighted by molar-refractivity contribution is 0.415. The van der Waals surface area contributed by atoms with Crippen molar-refractivity contribution in [2.75, 3.05) is 32.2 Å². The van der Waals surface area contributed by atoms with Crippen LogP contribution < -0.4 is 20.1 Å². The van der Waals surface area contributed by atoms with Gasteiger partial charge in [-0.05, 0) is 92.2 Å². The first-order valence-electron chi connectivity index (χ1n) is 15.1. The third-order valence-electron chi connectivity index (χ3n) is 8.20. The number of benzene rings is 4. The third kappa shape index (κ3) is 6.07. The fourth-order valence-electron chi connectivity index (χ4n) is 6.04. The number of hydrogen-bond acceptors (Lipinski definition) is 6. The number of hydrogen-bond donors (Lipinski definition) is 1. The highest BCUT2D eigenvalue weighted by Gasteiger charge is 2.23. The van der Waals surface area contributed by atoms with Crippen molar-refractivity contribution >= 4 is 78.2 Å². The molecule has 44 heavy (non-hydrogen) atoms. The molecule has 6 nitrogen and oxygen atoms in total. The van der Waals surface area contributed by atoms with Gasteiger partial charge in [0.05, 0.1) is 47.7 Å². The Morgan fingerprint density at radius 1 is 0.568 bits per heavy atom. The van der Waals surface area contributed by atoms with E-state index in [1.807, 2.05) is 48.5 Å². The van der Waals surface area contributed by atoms with E-state index in [-0.39, 0.29) is 0 Å². The van der Waals surface area contributed by atoms with Gasteiger partial charge >= 0.3 is 0 Å². The summed E-state index contributed by atoms with van der Waals surface area (Å²) in [6.07, 6.45) is 6.69. The van der Waals surface area contributed by atoms with E-state index in [9.17, 15) is 0 Å². The zero-order valence-electron chi connectivity index (χ0n) is 25.1. The lowest BCUT2D eigenvalue weighted by atomic mass is 10.0. The van der Waals surface area contributed by atoms with Gasteiger partial charge in [-0.2, -0.15) is 0 Å². The largest absolute Gasteiger partial charge is 0.497 e. The topological polar surface area (TPSA) is 73.5 Å². The highest BCUT2D eigenvalue weighted by Crippen LogP contribution is 2.45. The number of unbranched alkanes of at least 4 members (excludes halogenated alkanes) is 5. The second kappa shape index (κ2) is 13.4. The van der Waals surface area contributed by atoms with Gasteiger partial charge in [0.2, 0.25) is 0 Å². The van der Waals surface area contributed by atoms with E-state index < -0.39 is 0 Å². The minimum Gasteiger partial charge on any atom is -0.497 e. The quantitative estimate of drug-likeness (QED) is 0.108. The molecule has 0 amide bonds. The Hall–Kier alpha value is -3.84.